The van der Waals surface area contributed by atoms with Crippen LogP contribution in [0.25, 0.3) is 22.4 Å². The normalized spacial score (nSPS) is 12.2. The molecule has 0 radical (unpaired) electrons. The van der Waals surface area contributed by atoms with Gasteiger partial charge in [-0.2, -0.15) is 5.10 Å². The number of carbonyl (C=O) groups is 1. The Labute approximate surface area is 150 Å². The monoisotopic (exact) mass is 346 g/mol. The summed E-state index contributed by atoms with van der Waals surface area (Å²) in [7, 11) is 1.95. The minimum absolute atomic E-state index is 0.237. The Morgan fingerprint density at radius 3 is 2.73 bits per heavy atom. The van der Waals surface area contributed by atoms with Crippen LogP contribution in [0.1, 0.15) is 29.3 Å². The van der Waals surface area contributed by atoms with Crippen LogP contribution < -0.4 is 5.32 Å². The molecule has 0 fully saturated rings. The lowest BCUT2D eigenvalue weighted by Gasteiger charge is -2.13. The Hall–Kier alpha value is -3.48. The number of hydrogen-bond acceptors (Lipinski definition) is 4. The highest BCUT2D eigenvalue weighted by Gasteiger charge is 2.19. The van der Waals surface area contributed by atoms with Crippen LogP contribution in [0.2, 0.25) is 0 Å². The molecule has 4 rings (SSSR count). The molecule has 7 heteroatoms. The number of rotatable bonds is 4. The summed E-state index contributed by atoms with van der Waals surface area (Å²) in [6.07, 6.45) is 1.69. The second-order valence-electron chi connectivity index (χ2n) is 6.09. The van der Waals surface area contributed by atoms with Crippen molar-refractivity contribution in [2.45, 2.75) is 13.0 Å². The van der Waals surface area contributed by atoms with E-state index >= 15 is 0 Å². The van der Waals surface area contributed by atoms with E-state index in [9.17, 15) is 4.79 Å². The van der Waals surface area contributed by atoms with Crippen molar-refractivity contribution in [1.29, 1.82) is 0 Å². The summed E-state index contributed by atoms with van der Waals surface area (Å²) in [5, 5.41) is 9.91. The van der Waals surface area contributed by atoms with Gasteiger partial charge in [-0.3, -0.25) is 14.9 Å². The van der Waals surface area contributed by atoms with Gasteiger partial charge in [0.1, 0.15) is 17.2 Å². The first-order valence-electron chi connectivity index (χ1n) is 8.32. The smallest absolute Gasteiger partial charge is 0.269 e. The highest BCUT2D eigenvalue weighted by Crippen LogP contribution is 2.20. The van der Waals surface area contributed by atoms with E-state index in [1.807, 2.05) is 61.0 Å². The van der Waals surface area contributed by atoms with Gasteiger partial charge in [-0.15, -0.1) is 0 Å². The molecule has 2 N–H and O–H groups in total. The van der Waals surface area contributed by atoms with Crippen LogP contribution >= 0.6 is 0 Å². The lowest BCUT2D eigenvalue weighted by molar-refractivity contribution is 0.0933. The van der Waals surface area contributed by atoms with E-state index in [1.165, 1.54) is 0 Å². The molecule has 0 saturated heterocycles. The summed E-state index contributed by atoms with van der Waals surface area (Å²) in [6.45, 7) is 1.91. The molecule has 7 nitrogen and oxygen atoms in total. The van der Waals surface area contributed by atoms with E-state index in [2.05, 4.69) is 25.5 Å². The molecule has 0 spiro atoms. The molecular weight excluding hydrogens is 328 g/mol. The van der Waals surface area contributed by atoms with Gasteiger partial charge in [-0.05, 0) is 37.3 Å². The van der Waals surface area contributed by atoms with Gasteiger partial charge in [0.25, 0.3) is 5.91 Å². The summed E-state index contributed by atoms with van der Waals surface area (Å²) < 4.78 is 1.99. The Balaban J connectivity index is 1.54. The first-order chi connectivity index (χ1) is 12.6. The van der Waals surface area contributed by atoms with Gasteiger partial charge in [-0.1, -0.05) is 18.2 Å². The molecule has 0 aliphatic carbocycles. The number of nitrogens with one attached hydrogen (secondary N) is 2. The quantitative estimate of drug-likeness (QED) is 0.595. The van der Waals surface area contributed by atoms with Crippen molar-refractivity contribution in [2.24, 2.45) is 7.05 Å². The number of imidazole rings is 1. The zero-order valence-corrected chi connectivity index (χ0v) is 14.5. The van der Waals surface area contributed by atoms with Crippen molar-refractivity contribution in [2.75, 3.05) is 0 Å². The molecule has 0 aliphatic heterocycles. The number of aryl methyl sites for hydroxylation is 1. The van der Waals surface area contributed by atoms with E-state index in [1.54, 1.807) is 12.3 Å². The van der Waals surface area contributed by atoms with Crippen LogP contribution in [0, 0.1) is 0 Å². The number of fused-ring (bicyclic) bond motifs is 1. The molecule has 3 aromatic heterocycles. The van der Waals surface area contributed by atoms with Crippen LogP contribution in [0.5, 0.6) is 0 Å². The van der Waals surface area contributed by atoms with Gasteiger partial charge in [0.05, 0.1) is 22.8 Å². The van der Waals surface area contributed by atoms with Crippen LogP contribution in [0.15, 0.2) is 54.7 Å². The predicted octanol–water partition coefficient (Wildman–Crippen LogP) is 2.85. The predicted molar refractivity (Wildman–Crippen MR) is 98.4 cm³/mol. The standard InChI is InChI=1S/C19H18N6O/c1-12(18-22-14-8-3-4-9-17(14)25(18)2)21-19(26)16-11-15(23-24-16)13-7-5-6-10-20-13/h3-12H,1-2H3,(H,21,26)(H,23,24). The molecule has 1 unspecified atom stereocenters. The maximum Gasteiger partial charge on any atom is 0.269 e. The third kappa shape index (κ3) is 2.83. The number of nitrogens with zero attached hydrogens (tertiary/aromatic N) is 4. The van der Waals surface area contributed by atoms with Crippen LogP contribution in [-0.4, -0.2) is 30.6 Å². The summed E-state index contributed by atoms with van der Waals surface area (Å²) in [4.78, 5) is 21.4. The molecular formula is C19H18N6O. The first-order valence-corrected chi connectivity index (χ1v) is 8.32. The molecule has 4 aromatic rings. The molecule has 0 aliphatic rings. The Kier molecular flexibility index (Phi) is 3.96. The second-order valence-corrected chi connectivity index (χ2v) is 6.09. The van der Waals surface area contributed by atoms with Crippen molar-refractivity contribution in [3.63, 3.8) is 0 Å². The lowest BCUT2D eigenvalue weighted by atomic mass is 10.2. The average Bonchev–Trinajstić information content (AvgIpc) is 3.28. The van der Waals surface area contributed by atoms with Crippen molar-refractivity contribution in [1.82, 2.24) is 30.0 Å². The average molecular weight is 346 g/mol. The van der Waals surface area contributed by atoms with E-state index in [0.717, 1.165) is 16.9 Å². The topological polar surface area (TPSA) is 88.5 Å². The number of benzene rings is 1. The van der Waals surface area contributed by atoms with E-state index in [4.69, 9.17) is 0 Å². The molecule has 0 bridgehead atoms. The molecule has 130 valence electrons. The minimum Gasteiger partial charge on any atom is -0.341 e. The number of H-pyrrole nitrogens is 1. The zero-order valence-electron chi connectivity index (χ0n) is 14.5. The van der Waals surface area contributed by atoms with E-state index < -0.39 is 0 Å². The SMILES string of the molecule is CC(NC(=O)c1cc(-c2ccccn2)n[nH]1)c1nc2ccccc2n1C. The first kappa shape index (κ1) is 16.0. The van der Waals surface area contributed by atoms with Crippen molar-refractivity contribution in [3.05, 3.63) is 66.2 Å². The van der Waals surface area contributed by atoms with E-state index in [-0.39, 0.29) is 11.9 Å². The number of pyridine rings is 1. The van der Waals surface area contributed by atoms with Gasteiger partial charge >= 0.3 is 0 Å². The maximum atomic E-state index is 12.6. The van der Waals surface area contributed by atoms with Gasteiger partial charge in [0.15, 0.2) is 0 Å². The van der Waals surface area contributed by atoms with Crippen molar-refractivity contribution >= 4 is 16.9 Å². The maximum absolute atomic E-state index is 12.6. The van der Waals surface area contributed by atoms with Crippen molar-refractivity contribution in [3.8, 4) is 11.4 Å². The molecule has 1 atom stereocenters. The summed E-state index contributed by atoms with van der Waals surface area (Å²) in [6, 6.07) is 14.9. The summed E-state index contributed by atoms with van der Waals surface area (Å²) >= 11 is 0. The number of carbonyl (C=O) groups excluding carboxylic acids is 1. The molecule has 3 heterocycles. The number of aromatic nitrogens is 5. The number of para-hydroxylation sites is 2. The Bertz CT molecular complexity index is 1070. The Morgan fingerprint density at radius 2 is 1.96 bits per heavy atom. The van der Waals surface area contributed by atoms with Crippen LogP contribution in [-0.2, 0) is 7.05 Å². The Morgan fingerprint density at radius 1 is 1.15 bits per heavy atom. The van der Waals surface area contributed by atoms with Gasteiger partial charge in [0, 0.05) is 13.2 Å². The number of amides is 1. The van der Waals surface area contributed by atoms with E-state index in [0.29, 0.717) is 17.1 Å². The number of hydrogen-bond donors (Lipinski definition) is 2. The fourth-order valence-corrected chi connectivity index (χ4v) is 2.97. The van der Waals surface area contributed by atoms with Crippen LogP contribution in [0.4, 0.5) is 0 Å². The molecule has 1 aromatic carbocycles. The fourth-order valence-electron chi connectivity index (χ4n) is 2.97. The van der Waals surface area contributed by atoms with Gasteiger partial charge in [0.2, 0.25) is 0 Å². The third-order valence-electron chi connectivity index (χ3n) is 4.31. The lowest BCUT2D eigenvalue weighted by Crippen LogP contribution is -2.28. The second kappa shape index (κ2) is 6.44. The van der Waals surface area contributed by atoms with Gasteiger partial charge < -0.3 is 9.88 Å². The highest BCUT2D eigenvalue weighted by molar-refractivity contribution is 5.93. The number of aromatic amines is 1. The fraction of sp³-hybridized carbons (Fsp3) is 0.158. The largest absolute Gasteiger partial charge is 0.341 e. The van der Waals surface area contributed by atoms with Crippen molar-refractivity contribution < 1.29 is 4.79 Å². The molecule has 26 heavy (non-hydrogen) atoms. The highest BCUT2D eigenvalue weighted by atomic mass is 16.2. The summed E-state index contributed by atoms with van der Waals surface area (Å²) in [5.74, 6) is 0.559. The summed E-state index contributed by atoms with van der Waals surface area (Å²) in [5.41, 5.74) is 3.67. The third-order valence-corrected chi connectivity index (χ3v) is 4.31. The molecule has 1 amide bonds. The zero-order chi connectivity index (χ0) is 18.1. The van der Waals surface area contributed by atoms with Gasteiger partial charge in [-0.25, -0.2) is 4.98 Å². The minimum atomic E-state index is -0.249. The molecule has 0 saturated carbocycles. The van der Waals surface area contributed by atoms with Crippen LogP contribution in [0.3, 0.4) is 0 Å².